The van der Waals surface area contributed by atoms with Crippen molar-refractivity contribution in [3.63, 3.8) is 0 Å². The summed E-state index contributed by atoms with van der Waals surface area (Å²) in [6.07, 6.45) is 1.53. The van der Waals surface area contributed by atoms with Crippen molar-refractivity contribution in [3.8, 4) is 0 Å². The van der Waals surface area contributed by atoms with Gasteiger partial charge < -0.3 is 10.2 Å². The van der Waals surface area contributed by atoms with Crippen molar-refractivity contribution in [1.29, 1.82) is 0 Å². The number of carbonyl (C=O) groups is 2. The van der Waals surface area contributed by atoms with Gasteiger partial charge in [-0.2, -0.15) is 0 Å². The van der Waals surface area contributed by atoms with Gasteiger partial charge in [0.15, 0.2) is 0 Å². The van der Waals surface area contributed by atoms with Gasteiger partial charge in [-0.1, -0.05) is 56.3 Å². The maximum atomic E-state index is 12.4. The molecule has 0 atom stereocenters. The van der Waals surface area contributed by atoms with E-state index in [0.717, 1.165) is 29.5 Å². The zero-order chi connectivity index (χ0) is 19.1. The van der Waals surface area contributed by atoms with E-state index in [1.54, 1.807) is 30.3 Å². The fraction of sp³-hybridized carbons (Fsp3) is 0.238. The lowest BCUT2D eigenvalue weighted by Crippen LogP contribution is -2.43. The molecule has 0 aliphatic heterocycles. The molecule has 2 aromatic rings. The van der Waals surface area contributed by atoms with Gasteiger partial charge in [-0.3, -0.25) is 9.59 Å². The first-order valence-corrected chi connectivity index (χ1v) is 9.57. The van der Waals surface area contributed by atoms with Crippen LogP contribution in [-0.2, 0) is 27.8 Å². The highest BCUT2D eigenvalue weighted by Gasteiger charge is 2.58. The molecule has 26 heavy (non-hydrogen) atoms. The maximum absolute atomic E-state index is 12.4. The zero-order valence-corrected chi connectivity index (χ0v) is 16.7. The maximum Gasteiger partial charge on any atom is 0.330 e. The highest BCUT2D eigenvalue weighted by atomic mass is 127. The van der Waals surface area contributed by atoms with E-state index in [2.05, 4.69) is 22.6 Å². The Kier molecular flexibility index (Phi) is 4.92. The molecule has 0 aromatic heterocycles. The van der Waals surface area contributed by atoms with Crippen LogP contribution < -0.4 is 0 Å². The molecule has 0 saturated carbocycles. The summed E-state index contributed by atoms with van der Waals surface area (Å²) in [6.45, 7) is 4.06. The Hall–Kier alpha value is -2.15. The predicted molar refractivity (Wildman–Crippen MR) is 109 cm³/mol. The molecule has 2 aromatic carbocycles. The number of carboxylic acid groups (broad SMARTS) is 2. The minimum Gasteiger partial charge on any atom is -0.480 e. The summed E-state index contributed by atoms with van der Waals surface area (Å²) >= 11 is 2.12. The number of benzene rings is 2. The van der Waals surface area contributed by atoms with E-state index in [0.29, 0.717) is 20.3 Å². The number of halogens is 1. The standard InChI is InChI=1S/C21H19IO4/c1-3-12-10-11-15-16(14(12)4-2)18(22)17(13-8-6-5-7-9-13)21(15,19(23)24)20(25)26/h5-11H,3-4H2,1-2H3,(H,23,24)(H,25,26). The molecular weight excluding hydrogens is 443 g/mol. The van der Waals surface area contributed by atoms with Crippen LogP contribution in [0.1, 0.15) is 41.7 Å². The van der Waals surface area contributed by atoms with Gasteiger partial charge in [-0.15, -0.1) is 0 Å². The smallest absolute Gasteiger partial charge is 0.330 e. The molecule has 4 nitrogen and oxygen atoms in total. The highest BCUT2D eigenvalue weighted by Crippen LogP contribution is 2.55. The molecule has 0 bridgehead atoms. The second kappa shape index (κ2) is 6.87. The average Bonchev–Trinajstić information content (AvgIpc) is 2.91. The third kappa shape index (κ3) is 2.40. The van der Waals surface area contributed by atoms with Crippen molar-refractivity contribution in [2.45, 2.75) is 32.1 Å². The molecule has 0 amide bonds. The second-order valence-electron chi connectivity index (χ2n) is 6.25. The average molecular weight is 462 g/mol. The summed E-state index contributed by atoms with van der Waals surface area (Å²) in [4.78, 5) is 24.8. The quantitative estimate of drug-likeness (QED) is 0.506. The lowest BCUT2D eigenvalue weighted by atomic mass is 9.74. The Morgan fingerprint density at radius 3 is 2.08 bits per heavy atom. The lowest BCUT2D eigenvalue weighted by Gasteiger charge is -2.25. The van der Waals surface area contributed by atoms with Gasteiger partial charge in [-0.25, -0.2) is 0 Å². The van der Waals surface area contributed by atoms with E-state index in [1.807, 2.05) is 26.0 Å². The van der Waals surface area contributed by atoms with Crippen LogP contribution in [0.25, 0.3) is 9.15 Å². The molecule has 1 aliphatic carbocycles. The Balaban J connectivity index is 2.50. The normalized spacial score (nSPS) is 15.0. The fourth-order valence-electron chi connectivity index (χ4n) is 3.90. The van der Waals surface area contributed by atoms with Crippen molar-refractivity contribution >= 4 is 43.7 Å². The number of hydrogen-bond donors (Lipinski definition) is 2. The van der Waals surface area contributed by atoms with Crippen molar-refractivity contribution in [3.05, 3.63) is 70.3 Å². The fourth-order valence-corrected chi connectivity index (χ4v) is 5.23. The third-order valence-electron chi connectivity index (χ3n) is 5.07. The van der Waals surface area contributed by atoms with Crippen LogP contribution in [0, 0.1) is 0 Å². The van der Waals surface area contributed by atoms with Gasteiger partial charge in [0.2, 0.25) is 5.41 Å². The Bertz CT molecular complexity index is 915. The van der Waals surface area contributed by atoms with Crippen molar-refractivity contribution in [2.75, 3.05) is 0 Å². The van der Waals surface area contributed by atoms with Crippen molar-refractivity contribution < 1.29 is 19.8 Å². The van der Waals surface area contributed by atoms with Crippen LogP contribution in [0.15, 0.2) is 42.5 Å². The Labute approximate surface area is 165 Å². The first kappa shape index (κ1) is 18.6. The van der Waals surface area contributed by atoms with E-state index in [-0.39, 0.29) is 0 Å². The molecule has 134 valence electrons. The van der Waals surface area contributed by atoms with Crippen LogP contribution in [0.5, 0.6) is 0 Å². The van der Waals surface area contributed by atoms with Crippen LogP contribution >= 0.6 is 22.6 Å². The number of fused-ring (bicyclic) bond motifs is 1. The van der Waals surface area contributed by atoms with Crippen molar-refractivity contribution in [1.82, 2.24) is 0 Å². The predicted octanol–water partition coefficient (Wildman–Crippen LogP) is 4.54. The number of aliphatic carboxylic acids is 2. The monoisotopic (exact) mass is 462 g/mol. The van der Waals surface area contributed by atoms with E-state index in [9.17, 15) is 19.8 Å². The molecule has 1 aliphatic rings. The summed E-state index contributed by atoms with van der Waals surface area (Å²) in [7, 11) is 0. The number of carboxylic acids is 2. The van der Waals surface area contributed by atoms with Crippen molar-refractivity contribution in [2.24, 2.45) is 0 Å². The summed E-state index contributed by atoms with van der Waals surface area (Å²) in [6, 6.07) is 12.5. The molecule has 0 unspecified atom stereocenters. The van der Waals surface area contributed by atoms with E-state index >= 15 is 0 Å². The van der Waals surface area contributed by atoms with Gasteiger partial charge in [0, 0.05) is 9.15 Å². The number of hydrogen-bond acceptors (Lipinski definition) is 2. The zero-order valence-electron chi connectivity index (χ0n) is 14.5. The van der Waals surface area contributed by atoms with E-state index in [1.165, 1.54) is 0 Å². The molecular formula is C21H19IO4. The minimum atomic E-state index is -2.09. The highest BCUT2D eigenvalue weighted by molar-refractivity contribution is 14.1. The topological polar surface area (TPSA) is 74.6 Å². The summed E-state index contributed by atoms with van der Waals surface area (Å²) in [5.74, 6) is -2.72. The molecule has 5 heteroatoms. The SMILES string of the molecule is CCc1ccc2c(c1CC)C(I)=C(c1ccccc1)C2(C(=O)O)C(=O)O. The molecule has 0 heterocycles. The van der Waals surface area contributed by atoms with Crippen LogP contribution in [0.3, 0.4) is 0 Å². The van der Waals surface area contributed by atoms with Gasteiger partial charge in [0.1, 0.15) is 0 Å². The molecule has 0 spiro atoms. The lowest BCUT2D eigenvalue weighted by molar-refractivity contribution is -0.153. The number of rotatable bonds is 5. The van der Waals surface area contributed by atoms with E-state index < -0.39 is 17.4 Å². The molecule has 2 N–H and O–H groups in total. The molecule has 3 rings (SSSR count). The van der Waals surface area contributed by atoms with Crippen LogP contribution in [0.4, 0.5) is 0 Å². The second-order valence-corrected chi connectivity index (χ2v) is 7.33. The minimum absolute atomic E-state index is 0.344. The first-order valence-electron chi connectivity index (χ1n) is 8.49. The van der Waals surface area contributed by atoms with Gasteiger partial charge in [-0.05, 0) is 63.2 Å². The van der Waals surface area contributed by atoms with Gasteiger partial charge in [0.25, 0.3) is 0 Å². The summed E-state index contributed by atoms with van der Waals surface area (Å²) in [5, 5.41) is 20.2. The van der Waals surface area contributed by atoms with Gasteiger partial charge in [0.05, 0.1) is 0 Å². The Morgan fingerprint density at radius 2 is 1.58 bits per heavy atom. The van der Waals surface area contributed by atoms with E-state index in [4.69, 9.17) is 0 Å². The summed E-state index contributed by atoms with van der Waals surface area (Å²) in [5.41, 5.74) is 2.16. The van der Waals surface area contributed by atoms with Gasteiger partial charge >= 0.3 is 11.9 Å². The third-order valence-corrected chi connectivity index (χ3v) is 6.15. The Morgan fingerprint density at radius 1 is 0.962 bits per heavy atom. The summed E-state index contributed by atoms with van der Waals surface area (Å²) < 4.78 is 0.709. The van der Waals surface area contributed by atoms with Crippen LogP contribution in [-0.4, -0.2) is 22.2 Å². The van der Waals surface area contributed by atoms with Crippen LogP contribution in [0.2, 0.25) is 0 Å². The molecule has 0 radical (unpaired) electrons. The molecule has 0 fully saturated rings. The number of aryl methyl sites for hydroxylation is 1. The molecule has 0 saturated heterocycles. The first-order chi connectivity index (χ1) is 12.4. The largest absolute Gasteiger partial charge is 0.480 e.